The molecule has 0 heterocycles. The van der Waals surface area contributed by atoms with Crippen LogP contribution in [0.2, 0.25) is 5.02 Å². The Labute approximate surface area is 150 Å². The number of hydrogen-bond donors (Lipinski definition) is 1. The van der Waals surface area contributed by atoms with Gasteiger partial charge in [-0.25, -0.2) is 4.99 Å². The normalized spacial score (nSPS) is 13.5. The van der Waals surface area contributed by atoms with E-state index in [0.717, 1.165) is 24.1 Å². The smallest absolute Gasteiger partial charge is 0.142 e. The molecule has 0 amide bonds. The summed E-state index contributed by atoms with van der Waals surface area (Å²) in [7, 11) is 1.65. The number of hydrogen-bond acceptors (Lipinski definition) is 4. The molecule has 0 spiro atoms. The van der Waals surface area contributed by atoms with Crippen molar-refractivity contribution in [3.63, 3.8) is 0 Å². The van der Waals surface area contributed by atoms with Crippen molar-refractivity contribution < 1.29 is 4.74 Å². The highest BCUT2D eigenvalue weighted by Gasteiger charge is 2.10. The molecule has 0 unspecified atom stereocenters. The van der Waals surface area contributed by atoms with Gasteiger partial charge in [0.25, 0.3) is 0 Å². The summed E-state index contributed by atoms with van der Waals surface area (Å²) in [6, 6.07) is 5.65. The standard InChI is InChI=1S/C19H28ClN3O/c1-7-8-9-18(24-6)17(13-21-23-19(3,4)5)22-16-12-15(20)11-10-14(16)2/h9-13,23H,7-8H2,1-6H3/b18-9-,21-13+,22-17?. The lowest BCUT2D eigenvalue weighted by Gasteiger charge is -2.17. The molecule has 0 saturated heterocycles. The Kier molecular flexibility index (Phi) is 7.99. The minimum atomic E-state index is -0.117. The van der Waals surface area contributed by atoms with Gasteiger partial charge < -0.3 is 10.2 Å². The van der Waals surface area contributed by atoms with Gasteiger partial charge in [0.05, 0.1) is 19.0 Å². The Morgan fingerprint density at radius 1 is 1.33 bits per heavy atom. The van der Waals surface area contributed by atoms with Crippen molar-refractivity contribution >= 4 is 29.2 Å². The maximum atomic E-state index is 6.10. The molecule has 0 aliphatic rings. The SMILES string of the molecule is CCC/C=C(\OC)C(/C=N/NC(C)(C)C)=Nc1cc(Cl)ccc1C. The largest absolute Gasteiger partial charge is 0.495 e. The molecule has 0 aromatic heterocycles. The molecule has 4 nitrogen and oxygen atoms in total. The number of methoxy groups -OCH3 is 1. The van der Waals surface area contributed by atoms with Crippen LogP contribution in [0.5, 0.6) is 0 Å². The molecule has 1 rings (SSSR count). The molecule has 0 bridgehead atoms. The van der Waals surface area contributed by atoms with E-state index in [1.54, 1.807) is 13.3 Å². The average Bonchev–Trinajstić information content (AvgIpc) is 2.50. The quantitative estimate of drug-likeness (QED) is 0.405. The zero-order chi connectivity index (χ0) is 18.2. The summed E-state index contributed by atoms with van der Waals surface area (Å²) in [6.07, 6.45) is 5.67. The van der Waals surface area contributed by atoms with Crippen LogP contribution in [0.3, 0.4) is 0 Å². The fourth-order valence-electron chi connectivity index (χ4n) is 1.84. The van der Waals surface area contributed by atoms with Crippen LogP contribution in [0.1, 0.15) is 46.1 Å². The molecule has 0 fully saturated rings. The van der Waals surface area contributed by atoms with Crippen LogP contribution in [0.15, 0.2) is 40.1 Å². The van der Waals surface area contributed by atoms with Gasteiger partial charge in [0, 0.05) is 10.6 Å². The van der Waals surface area contributed by atoms with Gasteiger partial charge in [0.15, 0.2) is 0 Å². The first-order valence-corrected chi connectivity index (χ1v) is 8.54. The fraction of sp³-hybridized carbons (Fsp3) is 0.474. The Morgan fingerprint density at radius 2 is 2.04 bits per heavy atom. The number of halogens is 1. The monoisotopic (exact) mass is 349 g/mol. The highest BCUT2D eigenvalue weighted by molar-refractivity contribution is 6.38. The zero-order valence-corrected chi connectivity index (χ0v) is 16.2. The van der Waals surface area contributed by atoms with Crippen LogP contribution < -0.4 is 5.43 Å². The first-order valence-electron chi connectivity index (χ1n) is 8.16. The summed E-state index contributed by atoms with van der Waals surface area (Å²) in [4.78, 5) is 4.71. The fourth-order valence-corrected chi connectivity index (χ4v) is 2.00. The summed E-state index contributed by atoms with van der Waals surface area (Å²) in [5.74, 6) is 0.704. The van der Waals surface area contributed by atoms with Crippen LogP contribution in [0.4, 0.5) is 5.69 Å². The van der Waals surface area contributed by atoms with Crippen molar-refractivity contribution in [3.8, 4) is 0 Å². The summed E-state index contributed by atoms with van der Waals surface area (Å²) in [5.41, 5.74) is 5.47. The number of benzene rings is 1. The average molecular weight is 350 g/mol. The van der Waals surface area contributed by atoms with Crippen LogP contribution in [0.25, 0.3) is 0 Å². The lowest BCUT2D eigenvalue weighted by Crippen LogP contribution is -2.31. The highest BCUT2D eigenvalue weighted by Crippen LogP contribution is 2.24. The maximum Gasteiger partial charge on any atom is 0.142 e. The van der Waals surface area contributed by atoms with Gasteiger partial charge in [0.2, 0.25) is 0 Å². The number of aliphatic imine (C=N–C) groups is 1. The first-order chi connectivity index (χ1) is 11.3. The van der Waals surface area contributed by atoms with Gasteiger partial charge in [-0.15, -0.1) is 0 Å². The molecule has 1 N–H and O–H groups in total. The molecule has 0 aliphatic carbocycles. The van der Waals surface area contributed by atoms with Crippen molar-refractivity contribution in [2.24, 2.45) is 10.1 Å². The summed E-state index contributed by atoms with van der Waals surface area (Å²) in [6.45, 7) is 10.3. The second-order valence-electron chi connectivity index (χ2n) is 6.61. The van der Waals surface area contributed by atoms with E-state index in [9.17, 15) is 0 Å². The minimum absolute atomic E-state index is 0.117. The van der Waals surface area contributed by atoms with E-state index >= 15 is 0 Å². The Morgan fingerprint density at radius 3 is 2.62 bits per heavy atom. The number of aryl methyl sites for hydroxylation is 1. The predicted molar refractivity (Wildman–Crippen MR) is 105 cm³/mol. The number of hydrazone groups is 1. The van der Waals surface area contributed by atoms with Crippen LogP contribution in [0, 0.1) is 6.92 Å². The second kappa shape index (κ2) is 9.48. The molecular weight excluding hydrogens is 322 g/mol. The first kappa shape index (κ1) is 20.2. The number of ether oxygens (including phenoxy) is 1. The Hall–Kier alpha value is -1.81. The molecule has 0 saturated carbocycles. The third kappa shape index (κ3) is 7.18. The molecule has 1 aromatic carbocycles. The van der Waals surface area contributed by atoms with E-state index < -0.39 is 0 Å². The van der Waals surface area contributed by atoms with E-state index in [1.807, 2.05) is 52.0 Å². The summed E-state index contributed by atoms with van der Waals surface area (Å²) in [5, 5.41) is 4.96. The number of nitrogens with zero attached hydrogens (tertiary/aromatic N) is 2. The lowest BCUT2D eigenvalue weighted by molar-refractivity contribution is 0.314. The molecule has 132 valence electrons. The zero-order valence-electron chi connectivity index (χ0n) is 15.5. The van der Waals surface area contributed by atoms with Crippen molar-refractivity contribution in [2.45, 2.75) is 53.0 Å². The topological polar surface area (TPSA) is 46.0 Å². The third-order valence-corrected chi connectivity index (χ3v) is 3.32. The number of rotatable bonds is 7. The van der Waals surface area contributed by atoms with E-state index in [1.165, 1.54) is 0 Å². The summed E-state index contributed by atoms with van der Waals surface area (Å²) < 4.78 is 5.52. The van der Waals surface area contributed by atoms with Crippen LogP contribution >= 0.6 is 11.6 Å². The lowest BCUT2D eigenvalue weighted by atomic mass is 10.1. The Balaban J connectivity index is 3.25. The van der Waals surface area contributed by atoms with Gasteiger partial charge in [-0.05, 0) is 57.9 Å². The number of nitrogens with one attached hydrogen (secondary N) is 1. The molecule has 0 atom stereocenters. The molecule has 0 radical (unpaired) electrons. The van der Waals surface area contributed by atoms with Gasteiger partial charge >= 0.3 is 0 Å². The van der Waals surface area contributed by atoms with E-state index in [0.29, 0.717) is 16.5 Å². The van der Waals surface area contributed by atoms with Crippen molar-refractivity contribution in [1.82, 2.24) is 5.43 Å². The Bertz CT molecular complexity index is 628. The third-order valence-electron chi connectivity index (χ3n) is 3.09. The van der Waals surface area contributed by atoms with Gasteiger partial charge in [-0.1, -0.05) is 31.0 Å². The van der Waals surface area contributed by atoms with Crippen molar-refractivity contribution in [2.75, 3.05) is 7.11 Å². The van der Waals surface area contributed by atoms with Gasteiger partial charge in [-0.3, -0.25) is 0 Å². The van der Waals surface area contributed by atoms with E-state index in [2.05, 4.69) is 17.5 Å². The molecule has 24 heavy (non-hydrogen) atoms. The van der Waals surface area contributed by atoms with Crippen LogP contribution in [-0.2, 0) is 4.74 Å². The molecule has 5 heteroatoms. The van der Waals surface area contributed by atoms with Gasteiger partial charge in [0.1, 0.15) is 11.5 Å². The molecular formula is C19H28ClN3O. The molecule has 0 aliphatic heterocycles. The predicted octanol–water partition coefficient (Wildman–Crippen LogP) is 5.43. The van der Waals surface area contributed by atoms with Crippen LogP contribution in [-0.4, -0.2) is 24.6 Å². The van der Waals surface area contributed by atoms with Crippen molar-refractivity contribution in [3.05, 3.63) is 40.6 Å². The van der Waals surface area contributed by atoms with E-state index in [4.69, 9.17) is 21.3 Å². The maximum absolute atomic E-state index is 6.10. The molecule has 1 aromatic rings. The van der Waals surface area contributed by atoms with Crippen molar-refractivity contribution in [1.29, 1.82) is 0 Å². The van der Waals surface area contributed by atoms with E-state index in [-0.39, 0.29) is 5.54 Å². The number of unbranched alkanes of at least 4 members (excludes halogenated alkanes) is 1. The minimum Gasteiger partial charge on any atom is -0.495 e. The summed E-state index contributed by atoms with van der Waals surface area (Å²) >= 11 is 6.10. The second-order valence-corrected chi connectivity index (χ2v) is 7.05. The highest BCUT2D eigenvalue weighted by atomic mass is 35.5. The van der Waals surface area contributed by atoms with Gasteiger partial charge in [-0.2, -0.15) is 5.10 Å². The number of allylic oxidation sites excluding steroid dienone is 2.